The minimum absolute atomic E-state index is 0.0491. The largest absolute Gasteiger partial charge is 0.464 e. The molecule has 1 atom stereocenters. The molecule has 1 saturated heterocycles. The van der Waals surface area contributed by atoms with Crippen molar-refractivity contribution in [3.8, 4) is 11.1 Å². The molecular weight excluding hydrogens is 478 g/mol. The zero-order valence-corrected chi connectivity index (χ0v) is 20.2. The number of sulfone groups is 1. The third kappa shape index (κ3) is 4.01. The summed E-state index contributed by atoms with van der Waals surface area (Å²) >= 11 is 6.02. The average Bonchev–Trinajstić information content (AvgIpc) is 3.37. The lowest BCUT2D eigenvalue weighted by Gasteiger charge is -2.23. The van der Waals surface area contributed by atoms with Crippen LogP contribution in [-0.4, -0.2) is 43.8 Å². The molecule has 0 bridgehead atoms. The van der Waals surface area contributed by atoms with E-state index >= 15 is 0 Å². The highest BCUT2D eigenvalue weighted by Crippen LogP contribution is 2.35. The molecule has 0 N–H and O–H groups in total. The predicted octanol–water partition coefficient (Wildman–Crippen LogP) is 4.36. The molecule has 7 nitrogen and oxygen atoms in total. The monoisotopic (exact) mass is 499 g/mol. The van der Waals surface area contributed by atoms with E-state index < -0.39 is 15.5 Å². The van der Waals surface area contributed by atoms with Crippen LogP contribution in [0.2, 0.25) is 5.02 Å². The molecule has 1 amide bonds. The first-order valence-corrected chi connectivity index (χ1v) is 13.0. The highest BCUT2D eigenvalue weighted by Gasteiger charge is 2.33. The zero-order valence-electron chi connectivity index (χ0n) is 18.6. The van der Waals surface area contributed by atoms with Gasteiger partial charge >= 0.3 is 5.63 Å². The molecule has 34 heavy (non-hydrogen) atoms. The number of fused-ring (bicyclic) bond motifs is 2. The Morgan fingerprint density at radius 2 is 1.88 bits per heavy atom. The third-order valence-corrected chi connectivity index (χ3v) is 8.62. The van der Waals surface area contributed by atoms with Crippen molar-refractivity contribution in [1.29, 1.82) is 0 Å². The van der Waals surface area contributed by atoms with Gasteiger partial charge in [-0.3, -0.25) is 4.79 Å². The van der Waals surface area contributed by atoms with E-state index in [1.165, 1.54) is 4.90 Å². The van der Waals surface area contributed by atoms with Gasteiger partial charge in [-0.05, 0) is 42.7 Å². The van der Waals surface area contributed by atoms with Gasteiger partial charge in [0.25, 0.3) is 0 Å². The molecule has 9 heteroatoms. The van der Waals surface area contributed by atoms with Crippen LogP contribution in [-0.2, 0) is 21.1 Å². The molecule has 1 aliphatic rings. The summed E-state index contributed by atoms with van der Waals surface area (Å²) in [4.78, 5) is 27.1. The van der Waals surface area contributed by atoms with Crippen LogP contribution >= 0.6 is 11.6 Å². The van der Waals surface area contributed by atoms with Crippen LogP contribution in [0.4, 0.5) is 0 Å². The van der Waals surface area contributed by atoms with Gasteiger partial charge in [-0.25, -0.2) is 13.2 Å². The number of likely N-dealkylation sites (N-methyl/N-ethyl adjacent to an activating group) is 1. The Kier molecular flexibility index (Phi) is 5.53. The first kappa shape index (κ1) is 22.7. The molecule has 0 spiro atoms. The Labute approximate surface area is 200 Å². The maximum atomic E-state index is 12.9. The van der Waals surface area contributed by atoms with Gasteiger partial charge in [-0.15, -0.1) is 0 Å². The van der Waals surface area contributed by atoms with Gasteiger partial charge in [0.2, 0.25) is 5.91 Å². The summed E-state index contributed by atoms with van der Waals surface area (Å²) in [5.41, 5.74) is 3.08. The Balaban J connectivity index is 1.53. The fraction of sp³-hybridized carbons (Fsp3) is 0.280. The average molecular weight is 500 g/mol. The van der Waals surface area contributed by atoms with Gasteiger partial charge in [0, 0.05) is 40.5 Å². The van der Waals surface area contributed by atoms with Gasteiger partial charge in [-0.2, -0.15) is 0 Å². The number of benzene rings is 2. The Bertz CT molecular complexity index is 1600. The van der Waals surface area contributed by atoms with Crippen LogP contribution in [0.5, 0.6) is 0 Å². The summed E-state index contributed by atoms with van der Waals surface area (Å²) in [5.74, 6) is -0.293. The molecular formula is C25H22ClNO6S. The van der Waals surface area contributed by atoms with Gasteiger partial charge in [0.15, 0.2) is 9.84 Å². The van der Waals surface area contributed by atoms with Crippen molar-refractivity contribution in [1.82, 2.24) is 4.90 Å². The van der Waals surface area contributed by atoms with Crippen molar-refractivity contribution >= 4 is 49.3 Å². The SMILES string of the molecule is Cc1c(CC(=O)N(C)[C@@H]2CCS(=O)(=O)C2)c(=O)oc2cc3occ(-c4ccc(Cl)cc4)c3cc12. The molecule has 3 heterocycles. The molecule has 1 aliphatic heterocycles. The molecule has 0 aliphatic carbocycles. The Hall–Kier alpha value is -3.10. The summed E-state index contributed by atoms with van der Waals surface area (Å²) in [6.45, 7) is 1.79. The van der Waals surface area contributed by atoms with E-state index in [1.807, 2.05) is 18.2 Å². The topological polar surface area (TPSA) is 97.8 Å². The van der Waals surface area contributed by atoms with Gasteiger partial charge in [0.05, 0.1) is 29.8 Å². The van der Waals surface area contributed by atoms with Crippen molar-refractivity contribution < 1.29 is 22.0 Å². The summed E-state index contributed by atoms with van der Waals surface area (Å²) in [5, 5.41) is 2.18. The summed E-state index contributed by atoms with van der Waals surface area (Å²) in [6, 6.07) is 10.6. The molecule has 0 unspecified atom stereocenters. The maximum Gasteiger partial charge on any atom is 0.340 e. The van der Waals surface area contributed by atoms with Crippen LogP contribution in [0.15, 0.2) is 56.3 Å². The van der Waals surface area contributed by atoms with E-state index in [1.54, 1.807) is 38.4 Å². The summed E-state index contributed by atoms with van der Waals surface area (Å²) in [6.07, 6.45) is 1.89. The van der Waals surface area contributed by atoms with Crippen LogP contribution in [0.1, 0.15) is 17.5 Å². The number of hydrogen-bond acceptors (Lipinski definition) is 6. The number of nitrogens with zero attached hydrogens (tertiary/aromatic N) is 1. The lowest BCUT2D eigenvalue weighted by Crippen LogP contribution is -2.39. The molecule has 5 rings (SSSR count). The fourth-order valence-electron chi connectivity index (χ4n) is 4.53. The third-order valence-electron chi connectivity index (χ3n) is 6.61. The number of hydrogen-bond donors (Lipinski definition) is 0. The van der Waals surface area contributed by atoms with E-state index in [0.717, 1.165) is 16.5 Å². The van der Waals surface area contributed by atoms with Crippen molar-refractivity contribution in [2.24, 2.45) is 0 Å². The van der Waals surface area contributed by atoms with Crippen molar-refractivity contribution in [3.05, 3.63) is 69.2 Å². The van der Waals surface area contributed by atoms with Crippen LogP contribution < -0.4 is 5.63 Å². The number of furan rings is 1. The standard InChI is InChI=1S/C25H22ClNO6S/c1-14-18-9-20-21(15-3-5-16(26)6-4-15)12-32-22(20)11-23(18)33-25(29)19(14)10-24(28)27(2)17-7-8-34(30,31)13-17/h3-6,9,11-12,17H,7-8,10,13H2,1-2H3/t17-/m1/s1. The fourth-order valence-corrected chi connectivity index (χ4v) is 6.43. The minimum atomic E-state index is -3.13. The molecule has 0 saturated carbocycles. The number of amides is 1. The van der Waals surface area contributed by atoms with E-state index in [9.17, 15) is 18.0 Å². The highest BCUT2D eigenvalue weighted by atomic mass is 35.5. The van der Waals surface area contributed by atoms with Crippen LogP contribution in [0.25, 0.3) is 33.1 Å². The van der Waals surface area contributed by atoms with Crippen molar-refractivity contribution in [2.75, 3.05) is 18.6 Å². The molecule has 1 fully saturated rings. The molecule has 176 valence electrons. The number of carbonyl (C=O) groups excluding carboxylic acids is 1. The molecule has 2 aromatic carbocycles. The number of carbonyl (C=O) groups is 1. The second kappa shape index (κ2) is 8.29. The summed E-state index contributed by atoms with van der Waals surface area (Å²) in [7, 11) is -1.54. The molecule has 0 radical (unpaired) electrons. The molecule has 4 aromatic rings. The summed E-state index contributed by atoms with van der Waals surface area (Å²) < 4.78 is 34.9. The van der Waals surface area contributed by atoms with Crippen LogP contribution in [0.3, 0.4) is 0 Å². The smallest absolute Gasteiger partial charge is 0.340 e. The van der Waals surface area contributed by atoms with E-state index in [0.29, 0.717) is 33.6 Å². The van der Waals surface area contributed by atoms with Crippen molar-refractivity contribution in [3.63, 3.8) is 0 Å². The zero-order chi connectivity index (χ0) is 24.2. The first-order chi connectivity index (χ1) is 16.1. The number of halogens is 1. The normalized spacial score (nSPS) is 17.4. The van der Waals surface area contributed by atoms with Gasteiger partial charge in [0.1, 0.15) is 11.2 Å². The van der Waals surface area contributed by atoms with Gasteiger partial charge in [-0.1, -0.05) is 23.7 Å². The van der Waals surface area contributed by atoms with Crippen LogP contribution in [0, 0.1) is 6.92 Å². The Morgan fingerprint density at radius 1 is 1.15 bits per heavy atom. The van der Waals surface area contributed by atoms with Gasteiger partial charge < -0.3 is 13.7 Å². The number of aryl methyl sites for hydroxylation is 1. The Morgan fingerprint density at radius 3 is 2.56 bits per heavy atom. The lowest BCUT2D eigenvalue weighted by atomic mass is 9.99. The predicted molar refractivity (Wildman–Crippen MR) is 131 cm³/mol. The van der Waals surface area contributed by atoms with E-state index in [4.69, 9.17) is 20.4 Å². The minimum Gasteiger partial charge on any atom is -0.464 e. The highest BCUT2D eigenvalue weighted by molar-refractivity contribution is 7.91. The van der Waals surface area contributed by atoms with E-state index in [-0.39, 0.29) is 35.4 Å². The maximum absolute atomic E-state index is 12.9. The number of rotatable bonds is 4. The quantitative estimate of drug-likeness (QED) is 0.387. The van der Waals surface area contributed by atoms with Crippen molar-refractivity contribution in [2.45, 2.75) is 25.8 Å². The second-order valence-electron chi connectivity index (χ2n) is 8.73. The second-order valence-corrected chi connectivity index (χ2v) is 11.4. The first-order valence-electron chi connectivity index (χ1n) is 10.8. The lowest BCUT2D eigenvalue weighted by molar-refractivity contribution is -0.130. The van der Waals surface area contributed by atoms with E-state index in [2.05, 4.69) is 0 Å². The molecule has 2 aromatic heterocycles.